The number of nitrogens with two attached hydrogens (primary N) is 1. The zero-order chi connectivity index (χ0) is 13.7. The van der Waals surface area contributed by atoms with Crippen LogP contribution >= 0.6 is 11.3 Å². The van der Waals surface area contributed by atoms with Gasteiger partial charge in [0.15, 0.2) is 5.13 Å². The van der Waals surface area contributed by atoms with Gasteiger partial charge in [-0.25, -0.2) is 4.98 Å². The van der Waals surface area contributed by atoms with Gasteiger partial charge < -0.3 is 10.6 Å². The highest BCUT2D eigenvalue weighted by molar-refractivity contribution is 7.15. The van der Waals surface area contributed by atoms with Crippen LogP contribution in [0.1, 0.15) is 23.1 Å². The molecule has 0 aliphatic carbocycles. The molecule has 1 heterocycles. The average Bonchev–Trinajstić information content (AvgIpc) is 2.89. The molecule has 1 aromatic heterocycles. The number of anilines is 1. The quantitative estimate of drug-likeness (QED) is 0.881. The van der Waals surface area contributed by atoms with E-state index in [9.17, 15) is 0 Å². The van der Waals surface area contributed by atoms with Crippen molar-refractivity contribution in [3.05, 3.63) is 46.5 Å². The number of nitrogens with zero attached hydrogens (tertiary/aromatic N) is 2. The molecule has 0 unspecified atom stereocenters. The standard InChI is InChI=1S/C15H21N3S/c1-3-13-14(11-16)19-15(17-13)18(2)10-9-12-7-5-4-6-8-12/h4-8H,3,9-11,16H2,1-2H3. The van der Waals surface area contributed by atoms with Crippen molar-refractivity contribution in [3.63, 3.8) is 0 Å². The minimum absolute atomic E-state index is 0.591. The maximum atomic E-state index is 5.76. The topological polar surface area (TPSA) is 42.2 Å². The molecule has 0 atom stereocenters. The van der Waals surface area contributed by atoms with Crippen molar-refractivity contribution in [2.45, 2.75) is 26.3 Å². The number of aromatic nitrogens is 1. The van der Waals surface area contributed by atoms with E-state index < -0.39 is 0 Å². The Bertz CT molecular complexity index is 486. The molecule has 0 spiro atoms. The lowest BCUT2D eigenvalue weighted by molar-refractivity contribution is 0.864. The number of aryl methyl sites for hydroxylation is 1. The number of hydrogen-bond acceptors (Lipinski definition) is 4. The summed E-state index contributed by atoms with van der Waals surface area (Å²) in [6.07, 6.45) is 1.99. The van der Waals surface area contributed by atoms with E-state index in [1.165, 1.54) is 10.4 Å². The number of benzene rings is 1. The van der Waals surface area contributed by atoms with E-state index in [-0.39, 0.29) is 0 Å². The molecule has 0 aliphatic rings. The van der Waals surface area contributed by atoms with E-state index in [0.29, 0.717) is 6.54 Å². The monoisotopic (exact) mass is 275 g/mol. The van der Waals surface area contributed by atoms with Gasteiger partial charge in [-0.15, -0.1) is 11.3 Å². The summed E-state index contributed by atoms with van der Waals surface area (Å²) in [5.74, 6) is 0. The molecule has 0 bridgehead atoms. The Morgan fingerprint density at radius 2 is 2.00 bits per heavy atom. The van der Waals surface area contributed by atoms with Crippen LogP contribution in [0.4, 0.5) is 5.13 Å². The Balaban J connectivity index is 1.99. The van der Waals surface area contributed by atoms with E-state index >= 15 is 0 Å². The van der Waals surface area contributed by atoms with Gasteiger partial charge in [-0.05, 0) is 18.4 Å². The van der Waals surface area contributed by atoms with Gasteiger partial charge in [-0.2, -0.15) is 0 Å². The van der Waals surface area contributed by atoms with Gasteiger partial charge in [-0.3, -0.25) is 0 Å². The third kappa shape index (κ3) is 3.55. The van der Waals surface area contributed by atoms with Crippen molar-refractivity contribution in [2.24, 2.45) is 5.73 Å². The summed E-state index contributed by atoms with van der Waals surface area (Å²) in [4.78, 5) is 8.11. The van der Waals surface area contributed by atoms with Crippen molar-refractivity contribution in [2.75, 3.05) is 18.5 Å². The highest BCUT2D eigenvalue weighted by Crippen LogP contribution is 2.25. The fourth-order valence-corrected chi connectivity index (χ4v) is 3.02. The summed E-state index contributed by atoms with van der Waals surface area (Å²) in [6, 6.07) is 10.5. The maximum Gasteiger partial charge on any atom is 0.185 e. The first kappa shape index (κ1) is 14.0. The number of rotatable bonds is 6. The van der Waals surface area contributed by atoms with Crippen molar-refractivity contribution >= 4 is 16.5 Å². The molecule has 0 aliphatic heterocycles. The molecule has 1 aromatic carbocycles. The molecular formula is C15H21N3S. The molecule has 2 aromatic rings. The van der Waals surface area contributed by atoms with Crippen LogP contribution in [-0.4, -0.2) is 18.6 Å². The van der Waals surface area contributed by atoms with Gasteiger partial charge in [0.2, 0.25) is 0 Å². The van der Waals surface area contributed by atoms with Crippen LogP contribution < -0.4 is 10.6 Å². The second-order valence-corrected chi connectivity index (χ2v) is 5.64. The zero-order valence-corrected chi connectivity index (χ0v) is 12.4. The molecule has 19 heavy (non-hydrogen) atoms. The predicted molar refractivity (Wildman–Crippen MR) is 82.8 cm³/mol. The smallest absolute Gasteiger partial charge is 0.185 e. The first-order chi connectivity index (χ1) is 9.24. The molecule has 0 amide bonds. The van der Waals surface area contributed by atoms with Gasteiger partial charge in [0, 0.05) is 25.0 Å². The first-order valence-corrected chi connectivity index (χ1v) is 7.50. The Morgan fingerprint density at radius 3 is 2.58 bits per heavy atom. The number of likely N-dealkylation sites (N-methyl/N-ethyl adjacent to an activating group) is 1. The van der Waals surface area contributed by atoms with E-state index in [2.05, 4.69) is 54.2 Å². The van der Waals surface area contributed by atoms with Crippen LogP contribution in [0.25, 0.3) is 0 Å². The zero-order valence-electron chi connectivity index (χ0n) is 11.6. The fraction of sp³-hybridized carbons (Fsp3) is 0.400. The Labute approximate surface area is 119 Å². The molecular weight excluding hydrogens is 254 g/mol. The third-order valence-corrected chi connectivity index (χ3v) is 4.43. The normalized spacial score (nSPS) is 10.7. The molecule has 2 rings (SSSR count). The molecule has 0 radical (unpaired) electrons. The average molecular weight is 275 g/mol. The molecule has 0 fully saturated rings. The van der Waals surface area contributed by atoms with Gasteiger partial charge >= 0.3 is 0 Å². The predicted octanol–water partition coefficient (Wildman–Crippen LogP) is 2.84. The lowest BCUT2D eigenvalue weighted by Gasteiger charge is -2.15. The summed E-state index contributed by atoms with van der Waals surface area (Å²) in [5.41, 5.74) is 8.27. The van der Waals surface area contributed by atoms with Gasteiger partial charge in [0.05, 0.1) is 5.69 Å². The second kappa shape index (κ2) is 6.68. The van der Waals surface area contributed by atoms with Crippen molar-refractivity contribution < 1.29 is 0 Å². The molecule has 0 saturated carbocycles. The molecule has 102 valence electrons. The van der Waals surface area contributed by atoms with Crippen LogP contribution in [0.15, 0.2) is 30.3 Å². The summed E-state index contributed by atoms with van der Waals surface area (Å²) in [7, 11) is 2.10. The SMILES string of the molecule is CCc1nc(N(C)CCc2ccccc2)sc1CN. The minimum atomic E-state index is 0.591. The molecule has 2 N–H and O–H groups in total. The summed E-state index contributed by atoms with van der Waals surface area (Å²) >= 11 is 1.72. The van der Waals surface area contributed by atoms with Gasteiger partial charge in [0.25, 0.3) is 0 Å². The Hall–Kier alpha value is -1.39. The summed E-state index contributed by atoms with van der Waals surface area (Å²) < 4.78 is 0. The van der Waals surface area contributed by atoms with E-state index in [1.54, 1.807) is 11.3 Å². The summed E-state index contributed by atoms with van der Waals surface area (Å²) in [5, 5.41) is 1.08. The fourth-order valence-electron chi connectivity index (χ4n) is 2.01. The van der Waals surface area contributed by atoms with Gasteiger partial charge in [-0.1, -0.05) is 37.3 Å². The lowest BCUT2D eigenvalue weighted by Crippen LogP contribution is -2.20. The van der Waals surface area contributed by atoms with Crippen LogP contribution in [0.5, 0.6) is 0 Å². The molecule has 3 nitrogen and oxygen atoms in total. The van der Waals surface area contributed by atoms with E-state index in [0.717, 1.165) is 30.2 Å². The van der Waals surface area contributed by atoms with Crippen LogP contribution in [0, 0.1) is 0 Å². The first-order valence-electron chi connectivity index (χ1n) is 6.68. The van der Waals surface area contributed by atoms with Crippen LogP contribution in [-0.2, 0) is 19.4 Å². The van der Waals surface area contributed by atoms with Crippen LogP contribution in [0.2, 0.25) is 0 Å². The minimum Gasteiger partial charge on any atom is -0.351 e. The second-order valence-electron chi connectivity index (χ2n) is 4.58. The lowest BCUT2D eigenvalue weighted by atomic mass is 10.1. The highest BCUT2D eigenvalue weighted by atomic mass is 32.1. The maximum absolute atomic E-state index is 5.76. The Morgan fingerprint density at radius 1 is 1.26 bits per heavy atom. The molecule has 0 saturated heterocycles. The van der Waals surface area contributed by atoms with E-state index in [1.807, 2.05) is 0 Å². The van der Waals surface area contributed by atoms with Crippen molar-refractivity contribution in [3.8, 4) is 0 Å². The summed E-state index contributed by atoms with van der Waals surface area (Å²) in [6.45, 7) is 3.69. The van der Waals surface area contributed by atoms with Crippen molar-refractivity contribution in [1.82, 2.24) is 4.98 Å². The molecule has 4 heteroatoms. The number of thiazole rings is 1. The largest absolute Gasteiger partial charge is 0.351 e. The van der Waals surface area contributed by atoms with Gasteiger partial charge in [0.1, 0.15) is 0 Å². The number of hydrogen-bond donors (Lipinski definition) is 1. The van der Waals surface area contributed by atoms with E-state index in [4.69, 9.17) is 5.73 Å². The van der Waals surface area contributed by atoms with Crippen LogP contribution in [0.3, 0.4) is 0 Å². The van der Waals surface area contributed by atoms with Crippen molar-refractivity contribution in [1.29, 1.82) is 0 Å². The third-order valence-electron chi connectivity index (χ3n) is 3.19. The Kier molecular flexibility index (Phi) is 4.93. The highest BCUT2D eigenvalue weighted by Gasteiger charge is 2.11.